The monoisotopic (exact) mass is 235 g/mol. The molecule has 1 aliphatic rings. The van der Waals surface area contributed by atoms with E-state index in [9.17, 15) is 10.1 Å². The van der Waals surface area contributed by atoms with Crippen molar-refractivity contribution in [3.05, 3.63) is 39.9 Å². The topological polar surface area (TPSA) is 58.4 Å². The highest BCUT2D eigenvalue weighted by molar-refractivity contribution is 5.34. The van der Waals surface area contributed by atoms with Gasteiger partial charge in [0.2, 0.25) is 0 Å². The first-order valence-electron chi connectivity index (χ1n) is 5.82. The van der Waals surface area contributed by atoms with Crippen LogP contribution in [0.3, 0.4) is 0 Å². The molecule has 1 unspecified atom stereocenters. The molecule has 1 fully saturated rings. The number of nitro groups is 1. The predicted molar refractivity (Wildman–Crippen MR) is 65.8 cm³/mol. The Hall–Kier alpha value is -1.46. The summed E-state index contributed by atoms with van der Waals surface area (Å²) in [5.41, 5.74) is 1.18. The molecule has 1 atom stereocenters. The fourth-order valence-electron chi connectivity index (χ4n) is 2.24. The lowest BCUT2D eigenvalue weighted by molar-refractivity contribution is -0.384. The predicted octanol–water partition coefficient (Wildman–Crippen LogP) is 1.39. The fourth-order valence-corrected chi connectivity index (χ4v) is 2.24. The van der Waals surface area contributed by atoms with Crippen LogP contribution in [0.5, 0.6) is 0 Å². The van der Waals surface area contributed by atoms with Gasteiger partial charge in [0.1, 0.15) is 0 Å². The Kier molecular flexibility index (Phi) is 3.71. The van der Waals surface area contributed by atoms with Crippen LogP contribution in [0.4, 0.5) is 5.69 Å². The summed E-state index contributed by atoms with van der Waals surface area (Å²) in [6, 6.07) is 7.43. The second-order valence-electron chi connectivity index (χ2n) is 4.44. The SMILES string of the molecule is CNC1CCN(Cc2cccc([N+](=O)[O-])c2)C1. The van der Waals surface area contributed by atoms with Gasteiger partial charge in [0, 0.05) is 37.8 Å². The zero-order chi connectivity index (χ0) is 12.3. The molecule has 0 saturated carbocycles. The number of non-ortho nitro benzene ring substituents is 1. The number of likely N-dealkylation sites (tertiary alicyclic amines) is 1. The van der Waals surface area contributed by atoms with Crippen LogP contribution in [0.25, 0.3) is 0 Å². The third-order valence-corrected chi connectivity index (χ3v) is 3.21. The molecule has 0 radical (unpaired) electrons. The van der Waals surface area contributed by atoms with Crippen molar-refractivity contribution in [2.24, 2.45) is 0 Å². The molecule has 5 heteroatoms. The lowest BCUT2D eigenvalue weighted by atomic mass is 10.2. The Morgan fingerprint density at radius 3 is 3.06 bits per heavy atom. The van der Waals surface area contributed by atoms with Gasteiger partial charge < -0.3 is 5.32 Å². The smallest absolute Gasteiger partial charge is 0.269 e. The van der Waals surface area contributed by atoms with E-state index in [0.717, 1.165) is 31.6 Å². The molecule has 1 aliphatic heterocycles. The van der Waals surface area contributed by atoms with E-state index in [1.54, 1.807) is 12.1 Å². The zero-order valence-corrected chi connectivity index (χ0v) is 9.93. The number of hydrogen-bond acceptors (Lipinski definition) is 4. The number of nitrogens with zero attached hydrogens (tertiary/aromatic N) is 2. The minimum absolute atomic E-state index is 0.173. The Bertz CT molecular complexity index is 408. The molecule has 1 aromatic rings. The molecule has 5 nitrogen and oxygen atoms in total. The van der Waals surface area contributed by atoms with Gasteiger partial charge in [-0.05, 0) is 19.0 Å². The second kappa shape index (κ2) is 5.25. The number of nitrogens with one attached hydrogen (secondary N) is 1. The standard InChI is InChI=1S/C12H17N3O2/c1-13-11-5-6-14(9-11)8-10-3-2-4-12(7-10)15(16)17/h2-4,7,11,13H,5-6,8-9H2,1H3. The summed E-state index contributed by atoms with van der Waals surface area (Å²) in [7, 11) is 1.97. The first-order chi connectivity index (χ1) is 8.19. The highest BCUT2D eigenvalue weighted by Gasteiger charge is 2.21. The zero-order valence-electron chi connectivity index (χ0n) is 9.93. The largest absolute Gasteiger partial charge is 0.316 e. The molecule has 0 aliphatic carbocycles. The molecule has 1 saturated heterocycles. The maximum atomic E-state index is 10.7. The number of benzene rings is 1. The molecule has 0 aromatic heterocycles. The van der Waals surface area contributed by atoms with E-state index in [1.807, 2.05) is 13.1 Å². The summed E-state index contributed by atoms with van der Waals surface area (Å²) in [4.78, 5) is 12.6. The third-order valence-electron chi connectivity index (χ3n) is 3.21. The van der Waals surface area contributed by atoms with Crippen LogP contribution in [-0.4, -0.2) is 36.0 Å². The summed E-state index contributed by atoms with van der Waals surface area (Å²) < 4.78 is 0. The van der Waals surface area contributed by atoms with Crippen LogP contribution in [-0.2, 0) is 6.54 Å². The minimum atomic E-state index is -0.343. The molecule has 92 valence electrons. The molecule has 2 rings (SSSR count). The van der Waals surface area contributed by atoms with Crippen LogP contribution in [0.2, 0.25) is 0 Å². The van der Waals surface area contributed by atoms with E-state index in [1.165, 1.54) is 6.07 Å². The Morgan fingerprint density at radius 1 is 1.59 bits per heavy atom. The van der Waals surface area contributed by atoms with Crippen molar-refractivity contribution in [2.45, 2.75) is 19.0 Å². The molecule has 0 spiro atoms. The Labute approximate surface area is 101 Å². The summed E-state index contributed by atoms with van der Waals surface area (Å²) >= 11 is 0. The van der Waals surface area contributed by atoms with Crippen LogP contribution < -0.4 is 5.32 Å². The molecular weight excluding hydrogens is 218 g/mol. The molecule has 1 N–H and O–H groups in total. The lowest BCUT2D eigenvalue weighted by Crippen LogP contribution is -2.29. The molecule has 1 heterocycles. The quantitative estimate of drug-likeness (QED) is 0.633. The molecule has 0 amide bonds. The van der Waals surface area contributed by atoms with Crippen LogP contribution in [0.1, 0.15) is 12.0 Å². The van der Waals surface area contributed by atoms with Crippen molar-refractivity contribution < 1.29 is 4.92 Å². The van der Waals surface area contributed by atoms with Gasteiger partial charge in [-0.25, -0.2) is 0 Å². The van der Waals surface area contributed by atoms with Crippen molar-refractivity contribution in [3.8, 4) is 0 Å². The lowest BCUT2D eigenvalue weighted by Gasteiger charge is -2.15. The van der Waals surface area contributed by atoms with Gasteiger partial charge in [-0.15, -0.1) is 0 Å². The van der Waals surface area contributed by atoms with E-state index < -0.39 is 0 Å². The number of hydrogen-bond donors (Lipinski definition) is 1. The summed E-state index contributed by atoms with van der Waals surface area (Å²) in [6.07, 6.45) is 1.14. The maximum Gasteiger partial charge on any atom is 0.269 e. The van der Waals surface area contributed by atoms with Crippen LogP contribution >= 0.6 is 0 Å². The number of likely N-dealkylation sites (N-methyl/N-ethyl adjacent to an activating group) is 1. The van der Waals surface area contributed by atoms with Gasteiger partial charge in [0.25, 0.3) is 5.69 Å². The van der Waals surface area contributed by atoms with Crippen molar-refractivity contribution in [1.29, 1.82) is 0 Å². The van der Waals surface area contributed by atoms with Gasteiger partial charge >= 0.3 is 0 Å². The van der Waals surface area contributed by atoms with E-state index in [4.69, 9.17) is 0 Å². The molecule has 17 heavy (non-hydrogen) atoms. The van der Waals surface area contributed by atoms with Gasteiger partial charge in [0.15, 0.2) is 0 Å². The van der Waals surface area contributed by atoms with E-state index in [0.29, 0.717) is 6.04 Å². The van der Waals surface area contributed by atoms with Crippen molar-refractivity contribution >= 4 is 5.69 Å². The summed E-state index contributed by atoms with van der Waals surface area (Å²) in [5, 5.41) is 13.9. The van der Waals surface area contributed by atoms with Crippen molar-refractivity contribution in [2.75, 3.05) is 20.1 Å². The Balaban J connectivity index is 1.99. The summed E-state index contributed by atoms with van der Waals surface area (Å²) in [5.74, 6) is 0. The normalized spacial score (nSPS) is 20.6. The number of nitro benzene ring substituents is 1. The maximum absolute atomic E-state index is 10.7. The van der Waals surface area contributed by atoms with E-state index in [-0.39, 0.29) is 10.6 Å². The van der Waals surface area contributed by atoms with E-state index >= 15 is 0 Å². The highest BCUT2D eigenvalue weighted by Crippen LogP contribution is 2.17. The van der Waals surface area contributed by atoms with E-state index in [2.05, 4.69) is 10.2 Å². The van der Waals surface area contributed by atoms with Gasteiger partial charge in [-0.3, -0.25) is 15.0 Å². The summed E-state index contributed by atoms with van der Waals surface area (Å²) in [6.45, 7) is 2.85. The van der Waals surface area contributed by atoms with Crippen molar-refractivity contribution in [1.82, 2.24) is 10.2 Å². The minimum Gasteiger partial charge on any atom is -0.316 e. The molecular formula is C12H17N3O2. The fraction of sp³-hybridized carbons (Fsp3) is 0.500. The number of rotatable bonds is 4. The third kappa shape index (κ3) is 3.01. The molecule has 1 aromatic carbocycles. The Morgan fingerprint density at radius 2 is 2.41 bits per heavy atom. The average Bonchev–Trinajstić information content (AvgIpc) is 2.77. The first kappa shape index (κ1) is 12.0. The van der Waals surface area contributed by atoms with Gasteiger partial charge in [-0.1, -0.05) is 12.1 Å². The second-order valence-corrected chi connectivity index (χ2v) is 4.44. The highest BCUT2D eigenvalue weighted by atomic mass is 16.6. The van der Waals surface area contributed by atoms with Gasteiger partial charge in [-0.2, -0.15) is 0 Å². The first-order valence-corrected chi connectivity index (χ1v) is 5.82. The van der Waals surface area contributed by atoms with Crippen LogP contribution in [0.15, 0.2) is 24.3 Å². The van der Waals surface area contributed by atoms with Gasteiger partial charge in [0.05, 0.1) is 4.92 Å². The molecule has 0 bridgehead atoms. The average molecular weight is 235 g/mol. The van der Waals surface area contributed by atoms with Crippen molar-refractivity contribution in [3.63, 3.8) is 0 Å². The van der Waals surface area contributed by atoms with Crippen LogP contribution in [0, 0.1) is 10.1 Å².